The molecule has 0 bridgehead atoms. The van der Waals surface area contributed by atoms with Crippen molar-refractivity contribution in [2.45, 2.75) is 12.3 Å². The molecule has 0 fully saturated rings. The van der Waals surface area contributed by atoms with Crippen LogP contribution in [-0.4, -0.2) is 28.5 Å². The second kappa shape index (κ2) is 6.34. The summed E-state index contributed by atoms with van der Waals surface area (Å²) in [5.74, 6) is -1.18. The molecule has 1 atom stereocenters. The Hall–Kier alpha value is -2.46. The molecule has 2 aromatic rings. The molecule has 2 aromatic carbocycles. The molecule has 0 saturated carbocycles. The van der Waals surface area contributed by atoms with Gasteiger partial charge in [0.1, 0.15) is 0 Å². The van der Waals surface area contributed by atoms with Crippen LogP contribution in [0.1, 0.15) is 38.6 Å². The first kappa shape index (κ1) is 15.4. The van der Waals surface area contributed by atoms with Crippen molar-refractivity contribution in [2.24, 2.45) is 0 Å². The van der Waals surface area contributed by atoms with Gasteiger partial charge < -0.3 is 0 Å². The molecular formula is C18H14ClNO3. The van der Waals surface area contributed by atoms with E-state index in [9.17, 15) is 14.4 Å². The molecule has 3 rings (SSSR count). The molecule has 0 saturated heterocycles. The van der Waals surface area contributed by atoms with Crippen molar-refractivity contribution >= 4 is 28.7 Å². The molecule has 0 N–H and O–H groups in total. The average molecular weight is 328 g/mol. The lowest BCUT2D eigenvalue weighted by atomic mass is 9.97. The van der Waals surface area contributed by atoms with E-state index in [2.05, 4.69) is 0 Å². The first-order valence-corrected chi connectivity index (χ1v) is 7.67. The summed E-state index contributed by atoms with van der Waals surface area (Å²) in [7, 11) is 0. The summed E-state index contributed by atoms with van der Waals surface area (Å²) in [5.41, 5.74) is 1.60. The van der Waals surface area contributed by atoms with E-state index < -0.39 is 11.2 Å². The zero-order valence-corrected chi connectivity index (χ0v) is 13.0. The summed E-state index contributed by atoms with van der Waals surface area (Å²) in [6.45, 7) is 0.157. The van der Waals surface area contributed by atoms with E-state index in [0.717, 1.165) is 5.56 Å². The summed E-state index contributed by atoms with van der Waals surface area (Å²) in [6, 6.07) is 15.8. The van der Waals surface area contributed by atoms with E-state index in [0.29, 0.717) is 17.5 Å². The molecule has 1 aliphatic heterocycles. The van der Waals surface area contributed by atoms with Gasteiger partial charge in [0, 0.05) is 6.54 Å². The lowest BCUT2D eigenvalue weighted by Gasteiger charge is -2.18. The standard InChI is InChI=1S/C18H14ClNO3/c19-16(21)13(12-6-2-1-3-7-12)10-11-20-17(22)14-8-4-5-9-15(14)18(20)23/h1-9,13H,10-11H2. The van der Waals surface area contributed by atoms with Crippen molar-refractivity contribution in [3.8, 4) is 0 Å². The third-order valence-electron chi connectivity index (χ3n) is 4.00. The fraction of sp³-hybridized carbons (Fsp3) is 0.167. The first-order chi connectivity index (χ1) is 11.1. The minimum absolute atomic E-state index is 0.157. The van der Waals surface area contributed by atoms with Crippen molar-refractivity contribution in [1.29, 1.82) is 0 Å². The fourth-order valence-corrected chi connectivity index (χ4v) is 3.03. The number of hydrogen-bond acceptors (Lipinski definition) is 3. The van der Waals surface area contributed by atoms with Crippen LogP contribution in [0.5, 0.6) is 0 Å². The van der Waals surface area contributed by atoms with Crippen molar-refractivity contribution in [2.75, 3.05) is 6.54 Å². The maximum absolute atomic E-state index is 12.3. The number of rotatable bonds is 5. The number of amides is 2. The maximum atomic E-state index is 12.3. The predicted molar refractivity (Wildman–Crippen MR) is 86.5 cm³/mol. The molecule has 1 aliphatic rings. The van der Waals surface area contributed by atoms with Crippen LogP contribution < -0.4 is 0 Å². The van der Waals surface area contributed by atoms with Crippen LogP contribution in [0.3, 0.4) is 0 Å². The number of fused-ring (bicyclic) bond motifs is 1. The van der Waals surface area contributed by atoms with Gasteiger partial charge in [0.2, 0.25) is 5.24 Å². The SMILES string of the molecule is O=C(Cl)C(CCN1C(=O)c2ccccc2C1=O)c1ccccc1. The highest BCUT2D eigenvalue weighted by molar-refractivity contribution is 6.64. The van der Waals surface area contributed by atoms with Crippen LogP contribution in [0.4, 0.5) is 0 Å². The van der Waals surface area contributed by atoms with E-state index in [1.807, 2.05) is 30.3 Å². The molecule has 1 heterocycles. The second-order valence-corrected chi connectivity index (χ2v) is 5.74. The van der Waals surface area contributed by atoms with Crippen LogP contribution in [0.15, 0.2) is 54.6 Å². The van der Waals surface area contributed by atoms with Gasteiger partial charge in [0.15, 0.2) is 0 Å². The minimum Gasteiger partial charge on any atom is -0.281 e. The monoisotopic (exact) mass is 327 g/mol. The highest BCUT2D eigenvalue weighted by atomic mass is 35.5. The Morgan fingerprint density at radius 3 is 1.96 bits per heavy atom. The normalized spacial score (nSPS) is 14.7. The molecule has 0 aromatic heterocycles. The van der Waals surface area contributed by atoms with Gasteiger partial charge in [-0.05, 0) is 35.7 Å². The summed E-state index contributed by atoms with van der Waals surface area (Å²) < 4.78 is 0. The third-order valence-corrected chi connectivity index (χ3v) is 4.26. The van der Waals surface area contributed by atoms with Crippen molar-refractivity contribution in [1.82, 2.24) is 4.90 Å². The van der Waals surface area contributed by atoms with Crippen LogP contribution in [0, 0.1) is 0 Å². The Labute approximate surface area is 138 Å². The molecule has 4 nitrogen and oxygen atoms in total. The topological polar surface area (TPSA) is 54.5 Å². The van der Waals surface area contributed by atoms with Gasteiger partial charge in [-0.3, -0.25) is 19.3 Å². The Bertz CT molecular complexity index is 738. The van der Waals surface area contributed by atoms with Crippen LogP contribution >= 0.6 is 11.6 Å². The molecule has 5 heteroatoms. The Kier molecular flexibility index (Phi) is 4.26. The van der Waals surface area contributed by atoms with Gasteiger partial charge >= 0.3 is 0 Å². The highest BCUT2D eigenvalue weighted by Gasteiger charge is 2.35. The molecular weight excluding hydrogens is 314 g/mol. The van der Waals surface area contributed by atoms with Crippen molar-refractivity contribution in [3.05, 3.63) is 71.3 Å². The van der Waals surface area contributed by atoms with Crippen molar-refractivity contribution in [3.63, 3.8) is 0 Å². The van der Waals surface area contributed by atoms with Crippen LogP contribution in [0.25, 0.3) is 0 Å². The molecule has 23 heavy (non-hydrogen) atoms. The quantitative estimate of drug-likeness (QED) is 0.626. The number of imide groups is 1. The van der Waals surface area contributed by atoms with E-state index in [1.165, 1.54) is 4.90 Å². The summed E-state index contributed by atoms with van der Waals surface area (Å²) in [4.78, 5) is 37.5. The minimum atomic E-state index is -0.540. The number of halogens is 1. The molecule has 2 amide bonds. The van der Waals surface area contributed by atoms with Gasteiger partial charge in [-0.1, -0.05) is 42.5 Å². The smallest absolute Gasteiger partial charge is 0.261 e. The van der Waals surface area contributed by atoms with Gasteiger partial charge in [-0.15, -0.1) is 0 Å². The number of carbonyl (C=O) groups excluding carboxylic acids is 3. The first-order valence-electron chi connectivity index (χ1n) is 7.29. The highest BCUT2D eigenvalue weighted by Crippen LogP contribution is 2.27. The molecule has 0 aliphatic carbocycles. The molecule has 116 valence electrons. The van der Waals surface area contributed by atoms with E-state index >= 15 is 0 Å². The van der Waals surface area contributed by atoms with E-state index in [1.54, 1.807) is 24.3 Å². The van der Waals surface area contributed by atoms with Gasteiger partial charge in [0.05, 0.1) is 17.0 Å². The lowest BCUT2D eigenvalue weighted by molar-refractivity contribution is -0.113. The maximum Gasteiger partial charge on any atom is 0.261 e. The van der Waals surface area contributed by atoms with Gasteiger partial charge in [0.25, 0.3) is 11.8 Å². The summed E-state index contributed by atoms with van der Waals surface area (Å²) >= 11 is 5.70. The Morgan fingerprint density at radius 1 is 0.913 bits per heavy atom. The van der Waals surface area contributed by atoms with Gasteiger partial charge in [-0.2, -0.15) is 0 Å². The summed E-state index contributed by atoms with van der Waals surface area (Å²) in [6.07, 6.45) is 0.303. The summed E-state index contributed by atoms with van der Waals surface area (Å²) in [5, 5.41) is -0.493. The fourth-order valence-electron chi connectivity index (χ4n) is 2.80. The van der Waals surface area contributed by atoms with Crippen LogP contribution in [0.2, 0.25) is 0 Å². The number of benzene rings is 2. The van der Waals surface area contributed by atoms with Crippen LogP contribution in [-0.2, 0) is 4.79 Å². The number of nitrogens with zero attached hydrogens (tertiary/aromatic N) is 1. The predicted octanol–water partition coefficient (Wildman–Crippen LogP) is 3.22. The number of carbonyl (C=O) groups is 3. The van der Waals surface area contributed by atoms with Crippen molar-refractivity contribution < 1.29 is 14.4 Å². The third kappa shape index (κ3) is 2.90. The zero-order valence-electron chi connectivity index (χ0n) is 12.2. The van der Waals surface area contributed by atoms with E-state index in [4.69, 9.17) is 11.6 Å². The second-order valence-electron chi connectivity index (χ2n) is 5.36. The average Bonchev–Trinajstić information content (AvgIpc) is 2.81. The Balaban J connectivity index is 1.77. The lowest BCUT2D eigenvalue weighted by Crippen LogP contribution is -2.32. The number of hydrogen-bond donors (Lipinski definition) is 0. The molecule has 1 unspecified atom stereocenters. The van der Waals surface area contributed by atoms with E-state index in [-0.39, 0.29) is 18.4 Å². The zero-order chi connectivity index (χ0) is 16.4. The molecule has 0 spiro atoms. The Morgan fingerprint density at radius 2 is 1.43 bits per heavy atom. The molecule has 0 radical (unpaired) electrons. The van der Waals surface area contributed by atoms with Gasteiger partial charge in [-0.25, -0.2) is 0 Å². The largest absolute Gasteiger partial charge is 0.281 e.